The Morgan fingerprint density at radius 1 is 1.60 bits per heavy atom. The zero-order valence-corrected chi connectivity index (χ0v) is 12.0. The molecule has 0 spiro atoms. The Hall–Kier alpha value is -1.73. The molecule has 7 heteroatoms. The first-order valence-electron chi connectivity index (χ1n) is 6.54. The minimum atomic E-state index is -0.665. The Bertz CT molecular complexity index is 619. The summed E-state index contributed by atoms with van der Waals surface area (Å²) in [5, 5.41) is 19.2. The summed E-state index contributed by atoms with van der Waals surface area (Å²) in [5.74, 6) is 0.0314. The van der Waals surface area contributed by atoms with Gasteiger partial charge >= 0.3 is 0 Å². The van der Waals surface area contributed by atoms with Crippen molar-refractivity contribution < 1.29 is 9.90 Å². The molecule has 106 valence electrons. The predicted octanol–water partition coefficient (Wildman–Crippen LogP) is 0.978. The normalized spacial score (nSPS) is 16.0. The average molecular weight is 292 g/mol. The van der Waals surface area contributed by atoms with E-state index in [1.165, 1.54) is 15.1 Å². The number of aromatic nitrogens is 3. The monoisotopic (exact) mass is 292 g/mol. The van der Waals surface area contributed by atoms with Crippen molar-refractivity contribution in [3.8, 4) is 0 Å². The number of hydrogen-bond acceptors (Lipinski definition) is 5. The van der Waals surface area contributed by atoms with E-state index in [9.17, 15) is 9.90 Å². The fraction of sp³-hybridized carbons (Fsp3) is 0.462. The van der Waals surface area contributed by atoms with Gasteiger partial charge in [-0.15, -0.1) is 16.4 Å². The smallest absolute Gasteiger partial charge is 0.244 e. The maximum atomic E-state index is 12.3. The first kappa shape index (κ1) is 13.3. The second-order valence-corrected chi connectivity index (χ2v) is 5.95. The summed E-state index contributed by atoms with van der Waals surface area (Å²) in [7, 11) is 0. The highest BCUT2D eigenvalue weighted by atomic mass is 32.1. The van der Waals surface area contributed by atoms with Crippen LogP contribution in [0.25, 0.3) is 0 Å². The van der Waals surface area contributed by atoms with Gasteiger partial charge in [0.25, 0.3) is 0 Å². The highest BCUT2D eigenvalue weighted by Crippen LogP contribution is 2.24. The van der Waals surface area contributed by atoms with Crippen molar-refractivity contribution in [2.75, 3.05) is 6.54 Å². The van der Waals surface area contributed by atoms with Gasteiger partial charge in [0.05, 0.1) is 12.3 Å². The molecule has 3 rings (SSSR count). The van der Waals surface area contributed by atoms with Crippen molar-refractivity contribution in [3.63, 3.8) is 0 Å². The highest BCUT2D eigenvalue weighted by Gasteiger charge is 2.22. The number of fused-ring (bicyclic) bond motifs is 1. The van der Waals surface area contributed by atoms with Gasteiger partial charge in [-0.2, -0.15) is 0 Å². The molecule has 0 radical (unpaired) electrons. The summed E-state index contributed by atoms with van der Waals surface area (Å²) in [6.45, 7) is 3.22. The minimum Gasteiger partial charge on any atom is -0.387 e. The molecule has 6 nitrogen and oxygen atoms in total. The Kier molecular flexibility index (Phi) is 3.54. The molecule has 0 fully saturated rings. The van der Waals surface area contributed by atoms with Gasteiger partial charge in [-0.3, -0.25) is 4.79 Å². The van der Waals surface area contributed by atoms with Crippen LogP contribution < -0.4 is 0 Å². The first-order chi connectivity index (χ1) is 9.63. The number of thiophene rings is 1. The van der Waals surface area contributed by atoms with Crippen molar-refractivity contribution in [2.24, 2.45) is 0 Å². The van der Waals surface area contributed by atoms with E-state index in [1.807, 2.05) is 4.90 Å². The topological polar surface area (TPSA) is 71.2 Å². The Balaban J connectivity index is 1.65. The number of rotatable bonds is 3. The molecule has 2 aromatic heterocycles. The summed E-state index contributed by atoms with van der Waals surface area (Å²) in [4.78, 5) is 15.5. The van der Waals surface area contributed by atoms with Crippen LogP contribution in [0.2, 0.25) is 0 Å². The average Bonchev–Trinajstić information content (AvgIpc) is 3.05. The van der Waals surface area contributed by atoms with Gasteiger partial charge < -0.3 is 10.0 Å². The predicted molar refractivity (Wildman–Crippen MR) is 74.1 cm³/mol. The van der Waals surface area contributed by atoms with Crippen LogP contribution in [0.1, 0.15) is 29.2 Å². The van der Waals surface area contributed by atoms with E-state index >= 15 is 0 Å². The zero-order chi connectivity index (χ0) is 14.1. The summed E-state index contributed by atoms with van der Waals surface area (Å²) < 4.78 is 1.48. The Morgan fingerprint density at radius 3 is 3.20 bits per heavy atom. The maximum absolute atomic E-state index is 12.3. The zero-order valence-electron chi connectivity index (χ0n) is 11.2. The van der Waals surface area contributed by atoms with Gasteiger partial charge in [-0.1, -0.05) is 5.21 Å². The van der Waals surface area contributed by atoms with Crippen molar-refractivity contribution in [1.29, 1.82) is 0 Å². The van der Waals surface area contributed by atoms with E-state index in [0.29, 0.717) is 12.2 Å². The lowest BCUT2D eigenvalue weighted by atomic mass is 10.1. The first-order valence-corrected chi connectivity index (χ1v) is 7.42. The van der Waals surface area contributed by atoms with Crippen LogP contribution in [0.3, 0.4) is 0 Å². The standard InChI is InChI=1S/C13H16N4O2S/c1-9(18)11-7-17(15-14-11)8-13(19)16-4-2-12-10(6-16)3-5-20-12/h3,5,7,9,18H,2,4,6,8H2,1H3. The van der Waals surface area contributed by atoms with Crippen LogP contribution in [0, 0.1) is 0 Å². The molecule has 0 aliphatic carbocycles. The molecule has 0 aromatic carbocycles. The molecule has 1 N–H and O–H groups in total. The number of carbonyl (C=O) groups is 1. The van der Waals surface area contributed by atoms with E-state index in [2.05, 4.69) is 21.8 Å². The third-order valence-corrected chi connectivity index (χ3v) is 4.47. The molecule has 0 saturated carbocycles. The van der Waals surface area contributed by atoms with Gasteiger partial charge in [0.1, 0.15) is 12.2 Å². The van der Waals surface area contributed by atoms with Crippen LogP contribution in [-0.2, 0) is 24.3 Å². The third-order valence-electron chi connectivity index (χ3n) is 3.44. The molecule has 1 unspecified atom stereocenters. The Labute approximate surface area is 120 Å². The third kappa shape index (κ3) is 2.59. The fourth-order valence-corrected chi connectivity index (χ4v) is 3.17. The van der Waals surface area contributed by atoms with Gasteiger partial charge in [0.2, 0.25) is 5.91 Å². The van der Waals surface area contributed by atoms with Crippen LogP contribution in [0.4, 0.5) is 0 Å². The molecule has 0 saturated heterocycles. The van der Waals surface area contributed by atoms with E-state index in [0.717, 1.165) is 13.0 Å². The molecule has 20 heavy (non-hydrogen) atoms. The van der Waals surface area contributed by atoms with E-state index in [-0.39, 0.29) is 12.5 Å². The molecule has 0 bridgehead atoms. The second kappa shape index (κ2) is 5.34. The molecule has 1 amide bonds. The molecule has 2 aromatic rings. The van der Waals surface area contributed by atoms with Crippen molar-refractivity contribution in [1.82, 2.24) is 19.9 Å². The van der Waals surface area contributed by atoms with Gasteiger partial charge in [0, 0.05) is 18.0 Å². The molecule has 1 atom stereocenters. The van der Waals surface area contributed by atoms with Crippen molar-refractivity contribution in [2.45, 2.75) is 32.5 Å². The molecular formula is C13H16N4O2S. The van der Waals surface area contributed by atoms with Gasteiger partial charge in [0.15, 0.2) is 0 Å². The number of hydrogen-bond donors (Lipinski definition) is 1. The highest BCUT2D eigenvalue weighted by molar-refractivity contribution is 7.10. The molecule has 3 heterocycles. The Morgan fingerprint density at radius 2 is 2.45 bits per heavy atom. The second-order valence-electron chi connectivity index (χ2n) is 4.95. The van der Waals surface area contributed by atoms with Crippen molar-refractivity contribution in [3.05, 3.63) is 33.8 Å². The van der Waals surface area contributed by atoms with Crippen LogP contribution >= 0.6 is 11.3 Å². The van der Waals surface area contributed by atoms with E-state index in [4.69, 9.17) is 0 Å². The number of amides is 1. The minimum absolute atomic E-state index is 0.0314. The lowest BCUT2D eigenvalue weighted by Gasteiger charge is -2.26. The van der Waals surface area contributed by atoms with Crippen molar-refractivity contribution >= 4 is 17.2 Å². The largest absolute Gasteiger partial charge is 0.387 e. The van der Waals surface area contributed by atoms with Crippen LogP contribution in [0.5, 0.6) is 0 Å². The summed E-state index contributed by atoms with van der Waals surface area (Å²) in [5.41, 5.74) is 1.73. The lowest BCUT2D eigenvalue weighted by Crippen LogP contribution is -2.37. The number of aliphatic hydroxyl groups excluding tert-OH is 1. The fourth-order valence-electron chi connectivity index (χ4n) is 2.28. The number of aliphatic hydroxyl groups is 1. The summed E-state index contributed by atoms with van der Waals surface area (Å²) in [6, 6.07) is 2.08. The SMILES string of the molecule is CC(O)c1cn(CC(=O)N2CCc3sccc3C2)nn1. The van der Waals surface area contributed by atoms with Crippen LogP contribution in [0.15, 0.2) is 17.6 Å². The number of carbonyl (C=O) groups excluding carboxylic acids is 1. The number of nitrogens with zero attached hydrogens (tertiary/aromatic N) is 4. The van der Waals surface area contributed by atoms with Crippen LogP contribution in [-0.4, -0.2) is 37.5 Å². The lowest BCUT2D eigenvalue weighted by molar-refractivity contribution is -0.133. The molecule has 1 aliphatic rings. The van der Waals surface area contributed by atoms with E-state index in [1.54, 1.807) is 24.5 Å². The van der Waals surface area contributed by atoms with Gasteiger partial charge in [-0.25, -0.2) is 4.68 Å². The maximum Gasteiger partial charge on any atom is 0.244 e. The molecule has 1 aliphatic heterocycles. The summed E-state index contributed by atoms with van der Waals surface area (Å²) in [6.07, 6.45) is 1.87. The molecular weight excluding hydrogens is 276 g/mol. The van der Waals surface area contributed by atoms with Gasteiger partial charge in [-0.05, 0) is 30.4 Å². The summed E-state index contributed by atoms with van der Waals surface area (Å²) >= 11 is 1.76. The quantitative estimate of drug-likeness (QED) is 0.915. The van der Waals surface area contributed by atoms with E-state index < -0.39 is 6.10 Å².